The Morgan fingerprint density at radius 3 is 2.85 bits per heavy atom. The molecule has 0 saturated heterocycles. The number of hydrogen-bond acceptors (Lipinski definition) is 2. The zero-order chi connectivity index (χ0) is 9.84. The monoisotopic (exact) mass is 179 g/mol. The summed E-state index contributed by atoms with van der Waals surface area (Å²) < 4.78 is 13.0. The van der Waals surface area contributed by atoms with Crippen LogP contribution in [0.5, 0.6) is 0 Å². The van der Waals surface area contributed by atoms with Gasteiger partial charge < -0.3 is 5.11 Å². The number of rotatable bonds is 2. The first-order valence-corrected chi connectivity index (χ1v) is 3.96. The second-order valence-electron chi connectivity index (χ2n) is 2.89. The first-order valence-electron chi connectivity index (χ1n) is 3.96. The summed E-state index contributed by atoms with van der Waals surface area (Å²) in [5.41, 5.74) is 0.984. The highest BCUT2D eigenvalue weighted by Gasteiger charge is 2.08. The Labute approximate surface area is 76.2 Å². The lowest BCUT2D eigenvalue weighted by atomic mass is 10.1. The molecule has 0 spiro atoms. The van der Waals surface area contributed by atoms with E-state index < -0.39 is 6.10 Å². The van der Waals surface area contributed by atoms with Gasteiger partial charge in [-0.2, -0.15) is 5.26 Å². The van der Waals surface area contributed by atoms with Crippen LogP contribution in [0.2, 0.25) is 0 Å². The lowest BCUT2D eigenvalue weighted by molar-refractivity contribution is 0.183. The van der Waals surface area contributed by atoms with E-state index >= 15 is 0 Å². The van der Waals surface area contributed by atoms with Crippen molar-refractivity contribution in [1.29, 1.82) is 5.26 Å². The molecule has 68 valence electrons. The molecule has 0 heterocycles. The van der Waals surface area contributed by atoms with Gasteiger partial charge in [0.1, 0.15) is 5.82 Å². The van der Waals surface area contributed by atoms with Crippen LogP contribution in [0.4, 0.5) is 4.39 Å². The first-order chi connectivity index (χ1) is 6.15. The summed E-state index contributed by atoms with van der Waals surface area (Å²) in [6, 6.07) is 6.30. The second-order valence-corrected chi connectivity index (χ2v) is 2.89. The van der Waals surface area contributed by atoms with E-state index in [9.17, 15) is 9.50 Å². The summed E-state index contributed by atoms with van der Waals surface area (Å²) in [6.45, 7) is 1.65. The molecule has 0 bridgehead atoms. The van der Waals surface area contributed by atoms with Gasteiger partial charge in [-0.3, -0.25) is 0 Å². The van der Waals surface area contributed by atoms with Crippen molar-refractivity contribution >= 4 is 0 Å². The molecule has 0 radical (unpaired) electrons. The van der Waals surface area contributed by atoms with Crippen LogP contribution in [0.15, 0.2) is 18.2 Å². The van der Waals surface area contributed by atoms with Crippen molar-refractivity contribution < 1.29 is 9.50 Å². The van der Waals surface area contributed by atoms with Crippen molar-refractivity contribution in [3.8, 4) is 6.07 Å². The van der Waals surface area contributed by atoms with Crippen LogP contribution in [0.1, 0.15) is 23.7 Å². The van der Waals surface area contributed by atoms with Gasteiger partial charge in [0.05, 0.1) is 18.6 Å². The quantitative estimate of drug-likeness (QED) is 0.755. The first kappa shape index (κ1) is 9.69. The Kier molecular flexibility index (Phi) is 2.99. The third-order valence-corrected chi connectivity index (χ3v) is 1.87. The molecule has 1 aromatic rings. The van der Waals surface area contributed by atoms with E-state index in [1.165, 1.54) is 6.07 Å². The molecule has 1 aromatic carbocycles. The predicted octanol–water partition coefficient (Wildman–Crippen LogP) is 2.08. The largest absolute Gasteiger partial charge is 0.387 e. The van der Waals surface area contributed by atoms with Crippen molar-refractivity contribution in [2.24, 2.45) is 0 Å². The van der Waals surface area contributed by atoms with Crippen molar-refractivity contribution in [1.82, 2.24) is 0 Å². The molecule has 0 aromatic heterocycles. The van der Waals surface area contributed by atoms with Crippen LogP contribution in [0.25, 0.3) is 0 Å². The molecule has 0 fully saturated rings. The predicted molar refractivity (Wildman–Crippen MR) is 46.3 cm³/mol. The fourth-order valence-electron chi connectivity index (χ4n) is 1.02. The molecule has 1 atom stereocenters. The van der Waals surface area contributed by atoms with E-state index in [1.54, 1.807) is 19.1 Å². The summed E-state index contributed by atoms with van der Waals surface area (Å²) in [5.74, 6) is -0.352. The van der Waals surface area contributed by atoms with Gasteiger partial charge in [-0.05, 0) is 24.1 Å². The van der Waals surface area contributed by atoms with Crippen molar-refractivity contribution in [3.63, 3.8) is 0 Å². The molecule has 13 heavy (non-hydrogen) atoms. The summed E-state index contributed by atoms with van der Waals surface area (Å²) in [7, 11) is 0. The maximum atomic E-state index is 13.0. The number of nitrogens with zero attached hydrogens (tertiary/aromatic N) is 1. The number of nitriles is 1. The smallest absolute Gasteiger partial charge is 0.126 e. The minimum absolute atomic E-state index is 0.0114. The number of benzene rings is 1. The van der Waals surface area contributed by atoms with Crippen molar-refractivity contribution in [2.45, 2.75) is 19.4 Å². The molecule has 0 aliphatic carbocycles. The molecule has 0 saturated carbocycles. The molecule has 3 heteroatoms. The summed E-state index contributed by atoms with van der Waals surface area (Å²) in [6.07, 6.45) is -0.900. The third-order valence-electron chi connectivity index (χ3n) is 1.87. The fraction of sp³-hybridized carbons (Fsp3) is 0.300. The molecule has 2 nitrogen and oxygen atoms in total. The Morgan fingerprint density at radius 2 is 2.31 bits per heavy atom. The van der Waals surface area contributed by atoms with Crippen LogP contribution in [-0.2, 0) is 0 Å². The summed E-state index contributed by atoms with van der Waals surface area (Å²) >= 11 is 0. The van der Waals surface area contributed by atoms with Gasteiger partial charge in [0.15, 0.2) is 0 Å². The van der Waals surface area contributed by atoms with E-state index in [-0.39, 0.29) is 12.2 Å². The van der Waals surface area contributed by atoms with E-state index in [4.69, 9.17) is 5.26 Å². The lowest BCUT2D eigenvalue weighted by Crippen LogP contribution is -1.97. The molecule has 1 unspecified atom stereocenters. The van der Waals surface area contributed by atoms with Crippen LogP contribution in [0.3, 0.4) is 0 Å². The van der Waals surface area contributed by atoms with Gasteiger partial charge in [-0.1, -0.05) is 12.1 Å². The fourth-order valence-corrected chi connectivity index (χ4v) is 1.02. The summed E-state index contributed by atoms with van der Waals surface area (Å²) in [4.78, 5) is 0. The van der Waals surface area contributed by atoms with Crippen molar-refractivity contribution in [3.05, 3.63) is 35.1 Å². The van der Waals surface area contributed by atoms with E-state index in [0.29, 0.717) is 11.1 Å². The molecule has 0 aliphatic heterocycles. The number of aryl methyl sites for hydroxylation is 1. The van der Waals surface area contributed by atoms with E-state index in [2.05, 4.69) is 0 Å². The number of aliphatic hydroxyl groups is 1. The topological polar surface area (TPSA) is 44.0 Å². The van der Waals surface area contributed by atoms with Gasteiger partial charge >= 0.3 is 0 Å². The SMILES string of the molecule is Cc1ccc(C(O)CC#N)cc1F. The van der Waals surface area contributed by atoms with Gasteiger partial charge in [0, 0.05) is 0 Å². The standard InChI is InChI=1S/C10H10FNO/c1-7-2-3-8(6-9(7)11)10(13)4-5-12/h2-3,6,10,13H,4H2,1H3. The van der Waals surface area contributed by atoms with Crippen LogP contribution in [-0.4, -0.2) is 5.11 Å². The molecular weight excluding hydrogens is 169 g/mol. The minimum Gasteiger partial charge on any atom is -0.387 e. The van der Waals surface area contributed by atoms with Gasteiger partial charge in [-0.15, -0.1) is 0 Å². The number of aliphatic hydroxyl groups excluding tert-OH is 1. The maximum absolute atomic E-state index is 13.0. The molecular formula is C10H10FNO. The zero-order valence-electron chi connectivity index (χ0n) is 7.29. The molecule has 1 N–H and O–H groups in total. The Morgan fingerprint density at radius 1 is 1.62 bits per heavy atom. The number of hydrogen-bond donors (Lipinski definition) is 1. The highest BCUT2D eigenvalue weighted by molar-refractivity contribution is 5.25. The minimum atomic E-state index is -0.889. The van der Waals surface area contributed by atoms with Crippen molar-refractivity contribution in [2.75, 3.05) is 0 Å². The molecule has 0 aliphatic rings. The third kappa shape index (κ3) is 2.27. The van der Waals surface area contributed by atoms with Crippen LogP contribution in [0, 0.1) is 24.1 Å². The van der Waals surface area contributed by atoms with E-state index in [0.717, 1.165) is 0 Å². The normalized spacial score (nSPS) is 12.2. The number of halogens is 1. The van der Waals surface area contributed by atoms with E-state index in [1.807, 2.05) is 6.07 Å². The Balaban J connectivity index is 2.91. The van der Waals surface area contributed by atoms with Gasteiger partial charge in [0.2, 0.25) is 0 Å². The highest BCUT2D eigenvalue weighted by atomic mass is 19.1. The van der Waals surface area contributed by atoms with Gasteiger partial charge in [-0.25, -0.2) is 4.39 Å². The Bertz CT molecular complexity index is 343. The van der Waals surface area contributed by atoms with Crippen LogP contribution < -0.4 is 0 Å². The summed E-state index contributed by atoms with van der Waals surface area (Å²) in [5, 5.41) is 17.7. The van der Waals surface area contributed by atoms with Crippen LogP contribution >= 0.6 is 0 Å². The van der Waals surface area contributed by atoms with Gasteiger partial charge in [0.25, 0.3) is 0 Å². The lowest BCUT2D eigenvalue weighted by Gasteiger charge is -2.07. The zero-order valence-corrected chi connectivity index (χ0v) is 7.29. The average molecular weight is 179 g/mol. The second kappa shape index (κ2) is 4.01. The maximum Gasteiger partial charge on any atom is 0.126 e. The molecule has 1 rings (SSSR count). The average Bonchev–Trinajstić information content (AvgIpc) is 2.10. The highest BCUT2D eigenvalue weighted by Crippen LogP contribution is 2.18. The molecule has 0 amide bonds. The Hall–Kier alpha value is -1.40.